The summed E-state index contributed by atoms with van der Waals surface area (Å²) in [4.78, 5) is 24.3. The van der Waals surface area contributed by atoms with Gasteiger partial charge in [0.2, 0.25) is 5.91 Å². The maximum Gasteiger partial charge on any atom is 0.304 e. The molecule has 0 aliphatic rings. The van der Waals surface area contributed by atoms with Crippen molar-refractivity contribution >= 4 is 17.2 Å². The number of carbonyl (C=O) groups excluding carboxylic acids is 1. The van der Waals surface area contributed by atoms with Crippen molar-refractivity contribution in [3.63, 3.8) is 0 Å². The van der Waals surface area contributed by atoms with E-state index in [1.54, 1.807) is 5.38 Å². The molecule has 4 N–H and O–H groups in total. The molecule has 0 spiro atoms. The summed E-state index contributed by atoms with van der Waals surface area (Å²) in [5.41, 5.74) is 5.88. The summed E-state index contributed by atoms with van der Waals surface area (Å²) in [6.45, 7) is 1.06. The van der Waals surface area contributed by atoms with Gasteiger partial charge in [0.1, 0.15) is 6.61 Å². The number of carbonyl (C=O) groups is 1. The lowest BCUT2D eigenvalue weighted by Gasteiger charge is -2.03. The van der Waals surface area contributed by atoms with Crippen molar-refractivity contribution in [3.8, 4) is 0 Å². The Morgan fingerprint density at radius 1 is 1.67 bits per heavy atom. The molecule has 1 amide bonds. The fourth-order valence-corrected chi connectivity index (χ4v) is 1.48. The largest absolute Gasteiger partial charge is 0.370 e. The van der Waals surface area contributed by atoms with E-state index in [1.165, 1.54) is 0 Å². The zero-order chi connectivity index (χ0) is 11.1. The van der Waals surface area contributed by atoms with Gasteiger partial charge in [-0.3, -0.25) is 9.59 Å². The van der Waals surface area contributed by atoms with Crippen molar-refractivity contribution in [1.29, 1.82) is 0 Å². The molecule has 0 unspecified atom stereocenters. The standard InChI is InChI=1S/C8H13N3O3S/c9-1-2-14-4-7(12)10-3-6-5-15-8(13)11-6/h5H,1-4,9H2,(H,10,12)(H,11,13). The van der Waals surface area contributed by atoms with E-state index in [1.807, 2.05) is 0 Å². The van der Waals surface area contributed by atoms with Crippen molar-refractivity contribution in [2.24, 2.45) is 5.73 Å². The number of thiazole rings is 1. The van der Waals surface area contributed by atoms with Gasteiger partial charge in [0, 0.05) is 17.6 Å². The first-order valence-electron chi connectivity index (χ1n) is 4.43. The number of nitrogens with two attached hydrogens (primary N) is 1. The van der Waals surface area contributed by atoms with Crippen molar-refractivity contribution in [3.05, 3.63) is 20.7 Å². The van der Waals surface area contributed by atoms with Gasteiger partial charge in [-0.15, -0.1) is 0 Å². The van der Waals surface area contributed by atoms with Gasteiger partial charge in [-0.2, -0.15) is 0 Å². The van der Waals surface area contributed by atoms with Gasteiger partial charge in [0.05, 0.1) is 13.2 Å². The Labute approximate surface area is 90.4 Å². The summed E-state index contributed by atoms with van der Waals surface area (Å²) in [6.07, 6.45) is 0. The molecule has 84 valence electrons. The highest BCUT2D eigenvalue weighted by molar-refractivity contribution is 7.07. The molecule has 1 aromatic heterocycles. The zero-order valence-corrected chi connectivity index (χ0v) is 8.93. The molecule has 0 bridgehead atoms. The van der Waals surface area contributed by atoms with Crippen LogP contribution in [0, 0.1) is 0 Å². The van der Waals surface area contributed by atoms with Gasteiger partial charge in [0.25, 0.3) is 0 Å². The maximum absolute atomic E-state index is 11.1. The van der Waals surface area contributed by atoms with E-state index in [0.29, 0.717) is 25.4 Å². The molecule has 0 fully saturated rings. The Morgan fingerprint density at radius 2 is 2.47 bits per heavy atom. The second kappa shape index (κ2) is 6.33. The topological polar surface area (TPSA) is 97.2 Å². The summed E-state index contributed by atoms with van der Waals surface area (Å²) < 4.78 is 4.93. The first-order valence-corrected chi connectivity index (χ1v) is 5.31. The molecule has 0 saturated carbocycles. The van der Waals surface area contributed by atoms with Crippen LogP contribution >= 0.6 is 11.3 Å². The number of H-pyrrole nitrogens is 1. The summed E-state index contributed by atoms with van der Waals surface area (Å²) in [6, 6.07) is 0. The highest BCUT2D eigenvalue weighted by atomic mass is 32.1. The van der Waals surface area contributed by atoms with Crippen LogP contribution in [0.3, 0.4) is 0 Å². The average molecular weight is 231 g/mol. The third kappa shape index (κ3) is 4.73. The Bertz CT molecular complexity index is 360. The van der Waals surface area contributed by atoms with Crippen LogP contribution in [0.4, 0.5) is 0 Å². The van der Waals surface area contributed by atoms with Crippen LogP contribution in [0.15, 0.2) is 10.2 Å². The normalized spacial score (nSPS) is 10.2. The molecule has 0 aliphatic heterocycles. The van der Waals surface area contributed by atoms with Gasteiger partial charge in [-0.05, 0) is 0 Å². The summed E-state index contributed by atoms with van der Waals surface area (Å²) >= 11 is 1.07. The molecule has 6 nitrogen and oxygen atoms in total. The van der Waals surface area contributed by atoms with Gasteiger partial charge < -0.3 is 20.8 Å². The molecule has 15 heavy (non-hydrogen) atoms. The minimum Gasteiger partial charge on any atom is -0.370 e. The zero-order valence-electron chi connectivity index (χ0n) is 8.12. The molecule has 0 aliphatic carbocycles. The minimum atomic E-state index is -0.226. The van der Waals surface area contributed by atoms with E-state index in [-0.39, 0.29) is 17.4 Å². The first kappa shape index (κ1) is 11.9. The highest BCUT2D eigenvalue weighted by Gasteiger charge is 2.02. The molecule has 1 heterocycles. The Kier molecular flexibility index (Phi) is 5.02. The average Bonchev–Trinajstić information content (AvgIpc) is 2.62. The number of aromatic nitrogens is 1. The number of ether oxygens (including phenoxy) is 1. The molecule has 0 saturated heterocycles. The van der Waals surface area contributed by atoms with Crippen molar-refractivity contribution in [2.45, 2.75) is 6.54 Å². The predicted molar refractivity (Wildman–Crippen MR) is 56.7 cm³/mol. The van der Waals surface area contributed by atoms with Crippen LogP contribution in [-0.4, -0.2) is 30.6 Å². The number of aromatic amines is 1. The van der Waals surface area contributed by atoms with E-state index in [0.717, 1.165) is 11.3 Å². The minimum absolute atomic E-state index is 0.00836. The van der Waals surface area contributed by atoms with Crippen LogP contribution < -0.4 is 15.9 Å². The lowest BCUT2D eigenvalue weighted by molar-refractivity contribution is -0.125. The maximum atomic E-state index is 11.1. The quantitative estimate of drug-likeness (QED) is 0.549. The van der Waals surface area contributed by atoms with E-state index in [9.17, 15) is 9.59 Å². The second-order valence-corrected chi connectivity index (χ2v) is 3.63. The van der Waals surface area contributed by atoms with E-state index < -0.39 is 0 Å². The van der Waals surface area contributed by atoms with Gasteiger partial charge in [-0.1, -0.05) is 11.3 Å². The van der Waals surface area contributed by atoms with Crippen molar-refractivity contribution < 1.29 is 9.53 Å². The monoisotopic (exact) mass is 231 g/mol. The Hall–Kier alpha value is -1.18. The number of amides is 1. The summed E-state index contributed by atoms with van der Waals surface area (Å²) in [5.74, 6) is -0.226. The Balaban J connectivity index is 2.19. The van der Waals surface area contributed by atoms with Gasteiger partial charge in [0.15, 0.2) is 0 Å². The molecule has 7 heteroatoms. The SMILES string of the molecule is NCCOCC(=O)NCc1csc(=O)[nH]1. The molecular formula is C8H13N3O3S. The van der Waals surface area contributed by atoms with Crippen molar-refractivity contribution in [1.82, 2.24) is 10.3 Å². The number of rotatable bonds is 6. The predicted octanol–water partition coefficient (Wildman–Crippen LogP) is -0.972. The molecule has 0 radical (unpaired) electrons. The van der Waals surface area contributed by atoms with Crippen LogP contribution in [0.1, 0.15) is 5.69 Å². The molecule has 0 atom stereocenters. The summed E-state index contributed by atoms with van der Waals surface area (Å²) in [5, 5.41) is 4.27. The molecular weight excluding hydrogens is 218 g/mol. The third-order valence-electron chi connectivity index (χ3n) is 1.54. The lowest BCUT2D eigenvalue weighted by Crippen LogP contribution is -2.28. The fraction of sp³-hybridized carbons (Fsp3) is 0.500. The second-order valence-electron chi connectivity index (χ2n) is 2.79. The van der Waals surface area contributed by atoms with Crippen LogP contribution in [0.5, 0.6) is 0 Å². The van der Waals surface area contributed by atoms with Crippen LogP contribution in [0.2, 0.25) is 0 Å². The van der Waals surface area contributed by atoms with E-state index >= 15 is 0 Å². The fourth-order valence-electron chi connectivity index (χ4n) is 0.894. The van der Waals surface area contributed by atoms with Crippen LogP contribution in [0.25, 0.3) is 0 Å². The first-order chi connectivity index (χ1) is 7.22. The highest BCUT2D eigenvalue weighted by Crippen LogP contribution is 1.93. The Morgan fingerprint density at radius 3 is 3.07 bits per heavy atom. The van der Waals surface area contributed by atoms with E-state index in [2.05, 4.69) is 10.3 Å². The smallest absolute Gasteiger partial charge is 0.304 e. The van der Waals surface area contributed by atoms with Gasteiger partial charge >= 0.3 is 4.87 Å². The van der Waals surface area contributed by atoms with Gasteiger partial charge in [-0.25, -0.2) is 0 Å². The molecule has 1 rings (SSSR count). The molecule has 1 aromatic rings. The van der Waals surface area contributed by atoms with E-state index in [4.69, 9.17) is 10.5 Å². The molecule has 0 aromatic carbocycles. The van der Waals surface area contributed by atoms with Crippen molar-refractivity contribution in [2.75, 3.05) is 19.8 Å². The lowest BCUT2D eigenvalue weighted by atomic mass is 10.5. The number of nitrogens with one attached hydrogen (secondary N) is 2. The van der Waals surface area contributed by atoms with Crippen LogP contribution in [-0.2, 0) is 16.1 Å². The number of hydrogen-bond donors (Lipinski definition) is 3. The third-order valence-corrected chi connectivity index (χ3v) is 2.26. The number of hydrogen-bond acceptors (Lipinski definition) is 5. The summed E-state index contributed by atoms with van der Waals surface area (Å²) in [7, 11) is 0.